The Balaban J connectivity index is 1.25. The summed E-state index contributed by atoms with van der Waals surface area (Å²) in [5.41, 5.74) is 6.08. The van der Waals surface area contributed by atoms with Gasteiger partial charge in [-0.05, 0) is 17.5 Å². The van der Waals surface area contributed by atoms with Gasteiger partial charge < -0.3 is 9.64 Å². The molecule has 0 aliphatic carbocycles. The van der Waals surface area contributed by atoms with Crippen molar-refractivity contribution in [3.8, 4) is 11.3 Å². The summed E-state index contributed by atoms with van der Waals surface area (Å²) in [4.78, 5) is 19.4. The Hall–Kier alpha value is -3.00. The number of hydrogen-bond donors (Lipinski definition) is 0. The highest BCUT2D eigenvalue weighted by molar-refractivity contribution is 5.78. The highest BCUT2D eigenvalue weighted by Crippen LogP contribution is 2.25. The largest absolute Gasteiger partial charge is 0.378 e. The van der Waals surface area contributed by atoms with Gasteiger partial charge in [-0.2, -0.15) is 5.10 Å². The van der Waals surface area contributed by atoms with E-state index in [-0.39, 0.29) is 5.91 Å². The first kappa shape index (κ1) is 24.7. The molecule has 5 rings (SSSR count). The molecular formula is C29H37N5O2. The number of hydrogen-bond acceptors (Lipinski definition) is 5. The third kappa shape index (κ3) is 6.22. The van der Waals surface area contributed by atoms with Gasteiger partial charge in [0.15, 0.2) is 0 Å². The molecule has 190 valence electrons. The van der Waals surface area contributed by atoms with Crippen molar-refractivity contribution < 1.29 is 9.53 Å². The van der Waals surface area contributed by atoms with Crippen LogP contribution in [-0.4, -0.2) is 89.4 Å². The zero-order chi connectivity index (χ0) is 24.7. The van der Waals surface area contributed by atoms with Gasteiger partial charge in [-0.15, -0.1) is 0 Å². The smallest absolute Gasteiger partial charge is 0.236 e. The fourth-order valence-corrected chi connectivity index (χ4v) is 5.02. The summed E-state index contributed by atoms with van der Waals surface area (Å²) in [6.45, 7) is 10.8. The van der Waals surface area contributed by atoms with E-state index in [0.29, 0.717) is 32.8 Å². The molecule has 7 heteroatoms. The Kier molecular flexibility index (Phi) is 8.11. The zero-order valence-electron chi connectivity index (χ0n) is 21.3. The number of aromatic nitrogens is 2. The Morgan fingerprint density at radius 1 is 0.833 bits per heavy atom. The van der Waals surface area contributed by atoms with E-state index in [4.69, 9.17) is 9.84 Å². The molecule has 0 atom stereocenters. The Bertz CT molecular complexity index is 1110. The molecule has 3 aromatic rings. The van der Waals surface area contributed by atoms with Crippen molar-refractivity contribution in [1.29, 1.82) is 0 Å². The lowest BCUT2D eigenvalue weighted by atomic mass is 10.0. The molecule has 7 nitrogen and oxygen atoms in total. The van der Waals surface area contributed by atoms with Crippen LogP contribution in [-0.2, 0) is 29.0 Å². The van der Waals surface area contributed by atoms with E-state index in [2.05, 4.69) is 76.1 Å². The number of benzene rings is 2. The highest BCUT2D eigenvalue weighted by Gasteiger charge is 2.24. The Morgan fingerprint density at radius 2 is 1.53 bits per heavy atom. The molecule has 0 saturated carbocycles. The van der Waals surface area contributed by atoms with Crippen LogP contribution in [0.4, 0.5) is 0 Å². The van der Waals surface area contributed by atoms with Gasteiger partial charge in [-0.25, -0.2) is 0 Å². The van der Waals surface area contributed by atoms with Crippen LogP contribution in [0, 0.1) is 0 Å². The van der Waals surface area contributed by atoms with E-state index in [0.717, 1.165) is 51.4 Å². The summed E-state index contributed by atoms with van der Waals surface area (Å²) >= 11 is 0. The molecule has 2 saturated heterocycles. The number of aryl methyl sites for hydroxylation is 1. The number of morpholine rings is 1. The predicted octanol–water partition coefficient (Wildman–Crippen LogP) is 3.14. The van der Waals surface area contributed by atoms with Crippen molar-refractivity contribution in [2.75, 3.05) is 59.0 Å². The molecule has 0 radical (unpaired) electrons. The minimum Gasteiger partial charge on any atom is -0.378 e. The zero-order valence-corrected chi connectivity index (χ0v) is 21.3. The minimum atomic E-state index is 0.228. The van der Waals surface area contributed by atoms with Crippen molar-refractivity contribution >= 4 is 5.91 Å². The number of rotatable bonds is 8. The molecule has 2 aliphatic rings. The number of nitrogens with zero attached hydrogens (tertiary/aromatic N) is 5. The molecule has 0 spiro atoms. The average molecular weight is 488 g/mol. The van der Waals surface area contributed by atoms with Crippen molar-refractivity contribution in [1.82, 2.24) is 24.5 Å². The molecule has 0 unspecified atom stereocenters. The van der Waals surface area contributed by atoms with Crippen LogP contribution in [0.5, 0.6) is 0 Å². The second-order valence-corrected chi connectivity index (χ2v) is 9.78. The molecular weight excluding hydrogens is 450 g/mol. The van der Waals surface area contributed by atoms with E-state index in [9.17, 15) is 4.79 Å². The van der Waals surface area contributed by atoms with Gasteiger partial charge in [0, 0.05) is 63.1 Å². The highest BCUT2D eigenvalue weighted by atomic mass is 16.5. The lowest BCUT2D eigenvalue weighted by Crippen LogP contribution is -2.51. The van der Waals surface area contributed by atoms with Gasteiger partial charge in [0.1, 0.15) is 0 Å². The van der Waals surface area contributed by atoms with Crippen LogP contribution in [0.1, 0.15) is 23.6 Å². The monoisotopic (exact) mass is 487 g/mol. The van der Waals surface area contributed by atoms with Gasteiger partial charge in [0.05, 0.1) is 32.0 Å². The molecule has 1 aromatic heterocycles. The first-order chi connectivity index (χ1) is 17.7. The Labute approximate surface area is 214 Å². The van der Waals surface area contributed by atoms with E-state index in [1.165, 1.54) is 22.3 Å². The molecule has 2 fully saturated rings. The maximum atomic E-state index is 12.6. The molecule has 36 heavy (non-hydrogen) atoms. The summed E-state index contributed by atoms with van der Waals surface area (Å²) in [5.74, 6) is 0.228. The van der Waals surface area contributed by atoms with E-state index < -0.39 is 0 Å². The normalized spacial score (nSPS) is 17.4. The van der Waals surface area contributed by atoms with E-state index in [1.54, 1.807) is 0 Å². The molecule has 0 N–H and O–H groups in total. The minimum absolute atomic E-state index is 0.228. The van der Waals surface area contributed by atoms with Gasteiger partial charge in [-0.3, -0.25) is 19.3 Å². The Morgan fingerprint density at radius 3 is 2.22 bits per heavy atom. The number of carbonyl (C=O) groups is 1. The predicted molar refractivity (Wildman–Crippen MR) is 142 cm³/mol. The lowest BCUT2D eigenvalue weighted by Gasteiger charge is -2.36. The van der Waals surface area contributed by atoms with Crippen molar-refractivity contribution in [3.63, 3.8) is 0 Å². The van der Waals surface area contributed by atoms with Crippen LogP contribution in [0.15, 0.2) is 60.8 Å². The van der Waals surface area contributed by atoms with Crippen molar-refractivity contribution in [3.05, 3.63) is 77.5 Å². The molecule has 2 aromatic carbocycles. The van der Waals surface area contributed by atoms with Crippen LogP contribution >= 0.6 is 0 Å². The maximum Gasteiger partial charge on any atom is 0.236 e. The van der Waals surface area contributed by atoms with Gasteiger partial charge in [0.2, 0.25) is 5.91 Å². The number of carbonyl (C=O) groups excluding carboxylic acids is 1. The fraction of sp³-hybridized carbons (Fsp3) is 0.448. The quantitative estimate of drug-likeness (QED) is 0.489. The van der Waals surface area contributed by atoms with Crippen LogP contribution < -0.4 is 0 Å². The first-order valence-corrected chi connectivity index (χ1v) is 13.2. The van der Waals surface area contributed by atoms with E-state index >= 15 is 0 Å². The van der Waals surface area contributed by atoms with Crippen LogP contribution in [0.3, 0.4) is 0 Å². The first-order valence-electron chi connectivity index (χ1n) is 13.2. The van der Waals surface area contributed by atoms with Crippen molar-refractivity contribution in [2.45, 2.75) is 26.4 Å². The van der Waals surface area contributed by atoms with Crippen LogP contribution in [0.25, 0.3) is 11.3 Å². The topological polar surface area (TPSA) is 53.8 Å². The summed E-state index contributed by atoms with van der Waals surface area (Å²) < 4.78 is 7.45. The summed E-state index contributed by atoms with van der Waals surface area (Å²) in [6, 6.07) is 19.3. The van der Waals surface area contributed by atoms with Gasteiger partial charge in [-0.1, -0.05) is 61.5 Å². The van der Waals surface area contributed by atoms with Gasteiger partial charge >= 0.3 is 0 Å². The number of amides is 1. The summed E-state index contributed by atoms with van der Waals surface area (Å²) in [7, 11) is 0. The molecule has 3 heterocycles. The number of piperazine rings is 1. The maximum absolute atomic E-state index is 12.6. The van der Waals surface area contributed by atoms with Crippen molar-refractivity contribution in [2.24, 2.45) is 0 Å². The molecule has 0 bridgehead atoms. The van der Waals surface area contributed by atoms with Gasteiger partial charge in [0.25, 0.3) is 0 Å². The lowest BCUT2D eigenvalue weighted by molar-refractivity contribution is -0.136. The third-order valence-corrected chi connectivity index (χ3v) is 7.24. The summed E-state index contributed by atoms with van der Waals surface area (Å²) in [5, 5.41) is 5.02. The second-order valence-electron chi connectivity index (χ2n) is 9.78. The SMILES string of the molecule is CCc1ccc(-c2nn(Cc3ccccc3)cc2CN2CCN(CC(=O)N3CCOCC3)CC2)cc1. The molecule has 1 amide bonds. The van der Waals surface area contributed by atoms with Crippen LogP contribution in [0.2, 0.25) is 0 Å². The second kappa shape index (κ2) is 11.8. The summed E-state index contributed by atoms with van der Waals surface area (Å²) in [6.07, 6.45) is 3.25. The van der Waals surface area contributed by atoms with E-state index in [1.807, 2.05) is 11.0 Å². The third-order valence-electron chi connectivity index (χ3n) is 7.24. The molecule has 2 aliphatic heterocycles. The average Bonchev–Trinajstić information content (AvgIpc) is 3.32. The fourth-order valence-electron chi connectivity index (χ4n) is 5.02. The number of ether oxygens (including phenoxy) is 1. The standard InChI is InChI=1S/C29H37N5O2/c1-2-24-8-10-26(11-9-24)29-27(22-34(30-29)20-25-6-4-3-5-7-25)21-31-12-14-32(15-13-31)23-28(35)33-16-18-36-19-17-33/h3-11,22H,2,12-21,23H2,1H3.